The van der Waals surface area contributed by atoms with E-state index in [1.54, 1.807) is 18.3 Å². The molecule has 1 amide bonds. The van der Waals surface area contributed by atoms with Gasteiger partial charge in [-0.05, 0) is 52.9 Å². The quantitative estimate of drug-likeness (QED) is 0.644. The average Bonchev–Trinajstić information content (AvgIpc) is 3.39. The summed E-state index contributed by atoms with van der Waals surface area (Å²) >= 11 is 1.63. The Morgan fingerprint density at radius 3 is 2.61 bits per heavy atom. The molecule has 3 heterocycles. The van der Waals surface area contributed by atoms with Crippen LogP contribution >= 0.6 is 11.3 Å². The van der Waals surface area contributed by atoms with E-state index in [2.05, 4.69) is 15.6 Å². The second-order valence-corrected chi connectivity index (χ2v) is 7.72. The van der Waals surface area contributed by atoms with Gasteiger partial charge in [0.1, 0.15) is 5.69 Å². The van der Waals surface area contributed by atoms with Crippen molar-refractivity contribution in [2.75, 3.05) is 11.5 Å². The molecule has 1 atom stereocenters. The van der Waals surface area contributed by atoms with Crippen LogP contribution in [-0.2, 0) is 9.53 Å². The molecule has 0 radical (unpaired) electrons. The van der Waals surface area contributed by atoms with Crippen molar-refractivity contribution in [3.05, 3.63) is 58.0 Å². The summed E-state index contributed by atoms with van der Waals surface area (Å²) in [5, 5.41) is 11.2. The maximum absolute atomic E-state index is 13.1. The van der Waals surface area contributed by atoms with Gasteiger partial charge in [0.25, 0.3) is 5.91 Å². The number of fused-ring (bicyclic) bond motifs is 1. The van der Waals surface area contributed by atoms with Gasteiger partial charge in [0.2, 0.25) is 0 Å². The Morgan fingerprint density at radius 2 is 2.00 bits per heavy atom. The molecule has 1 aliphatic heterocycles. The van der Waals surface area contributed by atoms with Gasteiger partial charge in [0.05, 0.1) is 12.3 Å². The molecule has 0 fully saturated rings. The van der Waals surface area contributed by atoms with Gasteiger partial charge in [0.15, 0.2) is 6.04 Å². The van der Waals surface area contributed by atoms with Crippen molar-refractivity contribution in [2.24, 2.45) is 0 Å². The van der Waals surface area contributed by atoms with Crippen LogP contribution in [0.15, 0.2) is 41.1 Å². The topological polar surface area (TPSA) is 75.3 Å². The second-order valence-electron chi connectivity index (χ2n) is 6.94. The van der Waals surface area contributed by atoms with Gasteiger partial charge in [-0.2, -0.15) is 16.4 Å². The van der Waals surface area contributed by atoms with Crippen molar-refractivity contribution in [1.29, 1.82) is 0 Å². The molecular formula is C21H21N3O3S. The van der Waals surface area contributed by atoms with Gasteiger partial charge in [-0.3, -0.25) is 14.8 Å². The molecule has 2 aromatic heterocycles. The van der Waals surface area contributed by atoms with Gasteiger partial charge < -0.3 is 4.74 Å². The Balaban J connectivity index is 1.77. The number of aromatic amines is 1. The zero-order chi connectivity index (χ0) is 19.8. The van der Waals surface area contributed by atoms with E-state index >= 15 is 0 Å². The second kappa shape index (κ2) is 7.24. The normalized spacial score (nSPS) is 15.9. The number of anilines is 1. The Bertz CT molecular complexity index is 1010. The predicted octanol–water partition coefficient (Wildman–Crippen LogP) is 4.53. The SMILES string of the molecule is CCOC(=O)C1c2c(C(C)C)n[nH]c2C(=O)N1c1ccc(-c2ccsc2)cc1. The summed E-state index contributed by atoms with van der Waals surface area (Å²) in [5.74, 6) is -0.638. The fourth-order valence-electron chi connectivity index (χ4n) is 3.57. The van der Waals surface area contributed by atoms with Crippen molar-refractivity contribution in [2.45, 2.75) is 32.7 Å². The molecule has 0 bridgehead atoms. The zero-order valence-corrected chi connectivity index (χ0v) is 16.7. The molecule has 1 N–H and O–H groups in total. The number of thiophene rings is 1. The molecular weight excluding hydrogens is 374 g/mol. The number of hydrogen-bond acceptors (Lipinski definition) is 5. The summed E-state index contributed by atoms with van der Waals surface area (Å²) in [4.78, 5) is 27.4. The van der Waals surface area contributed by atoms with Crippen LogP contribution in [0.2, 0.25) is 0 Å². The lowest BCUT2D eigenvalue weighted by Crippen LogP contribution is -2.34. The first-order valence-electron chi connectivity index (χ1n) is 9.23. The molecule has 144 valence electrons. The first-order valence-corrected chi connectivity index (χ1v) is 10.2. The summed E-state index contributed by atoms with van der Waals surface area (Å²) in [5.41, 5.74) is 4.55. The summed E-state index contributed by atoms with van der Waals surface area (Å²) in [6, 6.07) is 8.87. The lowest BCUT2D eigenvalue weighted by Gasteiger charge is -2.25. The van der Waals surface area contributed by atoms with Crippen LogP contribution in [0.1, 0.15) is 54.5 Å². The highest BCUT2D eigenvalue weighted by Gasteiger charge is 2.47. The number of amides is 1. The highest BCUT2D eigenvalue weighted by molar-refractivity contribution is 7.08. The lowest BCUT2D eigenvalue weighted by atomic mass is 10.00. The molecule has 3 aromatic rings. The number of carbonyl (C=O) groups is 2. The van der Waals surface area contributed by atoms with E-state index in [0.29, 0.717) is 16.9 Å². The summed E-state index contributed by atoms with van der Waals surface area (Å²) in [6.07, 6.45) is 0. The summed E-state index contributed by atoms with van der Waals surface area (Å²) in [7, 11) is 0. The predicted molar refractivity (Wildman–Crippen MR) is 109 cm³/mol. The molecule has 28 heavy (non-hydrogen) atoms. The van der Waals surface area contributed by atoms with E-state index in [9.17, 15) is 9.59 Å². The third kappa shape index (κ3) is 2.92. The lowest BCUT2D eigenvalue weighted by molar-refractivity contribution is -0.144. The number of aromatic nitrogens is 2. The Hall–Kier alpha value is -2.93. The van der Waals surface area contributed by atoms with Crippen molar-refractivity contribution in [3.63, 3.8) is 0 Å². The molecule has 7 heteroatoms. The standard InChI is InChI=1S/C21H21N3O3S/c1-4-27-21(26)19-16-17(12(2)3)22-23-18(16)20(25)24(19)15-7-5-13(6-8-15)14-9-10-28-11-14/h5-12,19H,4H2,1-3H3,(H,22,23). The largest absolute Gasteiger partial charge is 0.464 e. The third-order valence-electron chi connectivity index (χ3n) is 4.85. The molecule has 1 unspecified atom stereocenters. The Morgan fingerprint density at radius 1 is 1.25 bits per heavy atom. The Kier molecular flexibility index (Phi) is 4.77. The van der Waals surface area contributed by atoms with E-state index < -0.39 is 12.0 Å². The molecule has 1 aromatic carbocycles. The number of benzene rings is 1. The van der Waals surface area contributed by atoms with Gasteiger partial charge in [-0.15, -0.1) is 0 Å². The molecule has 0 aliphatic carbocycles. The van der Waals surface area contributed by atoms with E-state index in [1.807, 2.05) is 49.6 Å². The molecule has 0 saturated carbocycles. The van der Waals surface area contributed by atoms with Gasteiger partial charge in [-0.25, -0.2) is 4.79 Å². The smallest absolute Gasteiger partial charge is 0.334 e. The molecule has 0 saturated heterocycles. The molecule has 0 spiro atoms. The molecule has 4 rings (SSSR count). The minimum absolute atomic E-state index is 0.0747. The van der Waals surface area contributed by atoms with Crippen LogP contribution < -0.4 is 4.90 Å². The van der Waals surface area contributed by atoms with Crippen LogP contribution in [0.5, 0.6) is 0 Å². The summed E-state index contributed by atoms with van der Waals surface area (Å²) in [6.45, 7) is 5.98. The average molecular weight is 395 g/mol. The number of rotatable bonds is 5. The van der Waals surface area contributed by atoms with Crippen LogP contribution in [0.25, 0.3) is 11.1 Å². The van der Waals surface area contributed by atoms with Crippen LogP contribution in [-0.4, -0.2) is 28.7 Å². The number of H-pyrrole nitrogens is 1. The fourth-order valence-corrected chi connectivity index (χ4v) is 4.23. The number of ether oxygens (including phenoxy) is 1. The van der Waals surface area contributed by atoms with Crippen LogP contribution in [0.3, 0.4) is 0 Å². The number of nitrogens with one attached hydrogen (secondary N) is 1. The van der Waals surface area contributed by atoms with Gasteiger partial charge in [0, 0.05) is 11.3 Å². The Labute approximate surface area is 167 Å². The number of nitrogens with zero attached hydrogens (tertiary/aromatic N) is 2. The minimum Gasteiger partial charge on any atom is -0.464 e. The third-order valence-corrected chi connectivity index (χ3v) is 5.54. The van der Waals surface area contributed by atoms with E-state index in [4.69, 9.17) is 4.74 Å². The maximum atomic E-state index is 13.1. The monoisotopic (exact) mass is 395 g/mol. The van der Waals surface area contributed by atoms with Crippen molar-refractivity contribution < 1.29 is 14.3 Å². The number of carbonyl (C=O) groups excluding carboxylic acids is 2. The van der Waals surface area contributed by atoms with Gasteiger partial charge in [-0.1, -0.05) is 26.0 Å². The van der Waals surface area contributed by atoms with Crippen LogP contribution in [0, 0.1) is 0 Å². The van der Waals surface area contributed by atoms with Crippen molar-refractivity contribution in [3.8, 4) is 11.1 Å². The van der Waals surface area contributed by atoms with Crippen molar-refractivity contribution >= 4 is 28.9 Å². The number of hydrogen-bond donors (Lipinski definition) is 1. The maximum Gasteiger partial charge on any atom is 0.334 e. The van der Waals surface area contributed by atoms with E-state index in [-0.39, 0.29) is 18.4 Å². The van der Waals surface area contributed by atoms with E-state index in [0.717, 1.165) is 16.8 Å². The first-order chi connectivity index (χ1) is 13.5. The van der Waals surface area contributed by atoms with Crippen LogP contribution in [0.4, 0.5) is 5.69 Å². The minimum atomic E-state index is -0.828. The molecule has 1 aliphatic rings. The van der Waals surface area contributed by atoms with Crippen molar-refractivity contribution in [1.82, 2.24) is 10.2 Å². The fraction of sp³-hybridized carbons (Fsp3) is 0.286. The number of esters is 1. The zero-order valence-electron chi connectivity index (χ0n) is 15.9. The highest BCUT2D eigenvalue weighted by Crippen LogP contribution is 2.41. The van der Waals surface area contributed by atoms with E-state index in [1.165, 1.54) is 4.90 Å². The molecule has 6 nitrogen and oxygen atoms in total. The van der Waals surface area contributed by atoms with Gasteiger partial charge >= 0.3 is 5.97 Å². The first kappa shape index (κ1) is 18.4. The highest BCUT2D eigenvalue weighted by atomic mass is 32.1. The summed E-state index contributed by atoms with van der Waals surface area (Å²) < 4.78 is 5.30.